The molecule has 3 aromatic heterocycles. The number of rotatable bonds is 7. The first-order valence-corrected chi connectivity index (χ1v) is 12.0. The third kappa shape index (κ3) is 5.55. The maximum atomic E-state index is 13.6. The highest BCUT2D eigenvalue weighted by molar-refractivity contribution is 5.91. The quantitative estimate of drug-likeness (QED) is 0.517. The summed E-state index contributed by atoms with van der Waals surface area (Å²) in [7, 11) is 0. The lowest BCUT2D eigenvalue weighted by molar-refractivity contribution is -0.117. The summed E-state index contributed by atoms with van der Waals surface area (Å²) < 4.78 is 13.6. The molecule has 2 aliphatic rings. The number of nitrogens with one attached hydrogen (secondary N) is 2. The molecule has 2 fully saturated rings. The van der Waals surface area contributed by atoms with Crippen molar-refractivity contribution in [1.29, 1.82) is 5.26 Å². The molecule has 184 valence electrons. The number of nitriles is 1. The third-order valence-electron chi connectivity index (χ3n) is 6.22. The van der Waals surface area contributed by atoms with Gasteiger partial charge in [0.25, 0.3) is 0 Å². The molecular weight excluding hydrogens is 461 g/mol. The Labute approximate surface area is 208 Å². The zero-order valence-electron chi connectivity index (χ0n) is 19.7. The standard InChI is InChI=1S/C25H26FN9O/c26-19-6-10-35(15-19)24-17(12-27)11-18(13-30-24)21-5-7-28-25(32-21)31-20-3-4-22(29-14-20)33-23(36)16-34-8-1-2-9-34/h3-5,7,11,13-14,19H,1-2,6,8-10,15-16H2,(H,28,31,32)(H,29,33,36). The summed E-state index contributed by atoms with van der Waals surface area (Å²) in [5, 5.41) is 15.5. The molecule has 5 rings (SSSR count). The molecule has 36 heavy (non-hydrogen) atoms. The number of alkyl halides is 1. The van der Waals surface area contributed by atoms with Crippen LogP contribution in [0.2, 0.25) is 0 Å². The smallest absolute Gasteiger partial charge is 0.239 e. The minimum atomic E-state index is -0.900. The van der Waals surface area contributed by atoms with Crippen molar-refractivity contribution in [2.45, 2.75) is 25.4 Å². The number of pyridine rings is 2. The lowest BCUT2D eigenvalue weighted by Gasteiger charge is -2.18. The maximum Gasteiger partial charge on any atom is 0.239 e. The molecule has 0 radical (unpaired) electrons. The average Bonchev–Trinajstić information content (AvgIpc) is 3.56. The SMILES string of the molecule is N#Cc1cc(-c2ccnc(Nc3ccc(NC(=O)CN4CCCC4)nc3)n2)cnc1N1CCC(F)C1. The van der Waals surface area contributed by atoms with Crippen LogP contribution in [0, 0.1) is 11.3 Å². The molecule has 2 aliphatic heterocycles. The van der Waals surface area contributed by atoms with Crippen LogP contribution in [0.1, 0.15) is 24.8 Å². The highest BCUT2D eigenvalue weighted by atomic mass is 19.1. The fourth-order valence-electron chi connectivity index (χ4n) is 4.42. The van der Waals surface area contributed by atoms with Gasteiger partial charge < -0.3 is 15.5 Å². The van der Waals surface area contributed by atoms with E-state index in [-0.39, 0.29) is 12.5 Å². The molecule has 11 heteroatoms. The Kier molecular flexibility index (Phi) is 6.95. The van der Waals surface area contributed by atoms with E-state index in [1.54, 1.807) is 47.8 Å². The van der Waals surface area contributed by atoms with E-state index in [2.05, 4.69) is 41.5 Å². The summed E-state index contributed by atoms with van der Waals surface area (Å²) in [6.07, 6.45) is 6.65. The van der Waals surface area contributed by atoms with Crippen molar-refractivity contribution in [3.8, 4) is 17.3 Å². The molecular formula is C25H26FN9O. The van der Waals surface area contributed by atoms with Crippen molar-refractivity contribution < 1.29 is 9.18 Å². The molecule has 1 amide bonds. The van der Waals surface area contributed by atoms with Crippen molar-refractivity contribution in [2.75, 3.05) is 48.3 Å². The number of hydrogen-bond donors (Lipinski definition) is 2. The Balaban J connectivity index is 1.24. The minimum absolute atomic E-state index is 0.0771. The summed E-state index contributed by atoms with van der Waals surface area (Å²) in [6, 6.07) is 9.11. The predicted octanol–water partition coefficient (Wildman–Crippen LogP) is 3.13. The van der Waals surface area contributed by atoms with Crippen LogP contribution in [0.4, 0.5) is 27.7 Å². The molecule has 10 nitrogen and oxygen atoms in total. The highest BCUT2D eigenvalue weighted by Crippen LogP contribution is 2.27. The van der Waals surface area contributed by atoms with Crippen LogP contribution in [0.15, 0.2) is 42.9 Å². The highest BCUT2D eigenvalue weighted by Gasteiger charge is 2.25. The Morgan fingerprint density at radius 2 is 2.00 bits per heavy atom. The molecule has 1 unspecified atom stereocenters. The molecule has 0 aliphatic carbocycles. The first-order chi connectivity index (χ1) is 17.6. The number of likely N-dealkylation sites (tertiary alicyclic amines) is 1. The van der Waals surface area contributed by atoms with Crippen LogP contribution in [-0.4, -0.2) is 69.6 Å². The van der Waals surface area contributed by atoms with E-state index in [1.165, 1.54) is 0 Å². The zero-order valence-corrected chi connectivity index (χ0v) is 19.7. The topological polar surface area (TPSA) is 123 Å². The van der Waals surface area contributed by atoms with Gasteiger partial charge in [0.05, 0.1) is 36.2 Å². The number of amides is 1. The molecule has 0 aromatic carbocycles. The third-order valence-corrected chi connectivity index (χ3v) is 6.22. The van der Waals surface area contributed by atoms with Crippen LogP contribution in [0.25, 0.3) is 11.3 Å². The summed E-state index contributed by atoms with van der Waals surface area (Å²) in [4.78, 5) is 33.6. The van der Waals surface area contributed by atoms with E-state index < -0.39 is 6.17 Å². The molecule has 2 saturated heterocycles. The fraction of sp³-hybridized carbons (Fsp3) is 0.360. The second-order valence-corrected chi connectivity index (χ2v) is 8.89. The summed E-state index contributed by atoms with van der Waals surface area (Å²) >= 11 is 0. The molecule has 0 spiro atoms. The second-order valence-electron chi connectivity index (χ2n) is 8.89. The van der Waals surface area contributed by atoms with Crippen LogP contribution in [0.3, 0.4) is 0 Å². The van der Waals surface area contributed by atoms with Crippen molar-refractivity contribution in [1.82, 2.24) is 24.8 Å². The van der Waals surface area contributed by atoms with Crippen LogP contribution < -0.4 is 15.5 Å². The van der Waals surface area contributed by atoms with Crippen LogP contribution >= 0.6 is 0 Å². The predicted molar refractivity (Wildman–Crippen MR) is 134 cm³/mol. The first kappa shape index (κ1) is 23.6. The van der Waals surface area contributed by atoms with Gasteiger partial charge in [-0.25, -0.2) is 24.3 Å². The van der Waals surface area contributed by atoms with Gasteiger partial charge in [-0.3, -0.25) is 9.69 Å². The monoisotopic (exact) mass is 487 g/mol. The lowest BCUT2D eigenvalue weighted by atomic mass is 10.1. The number of halogens is 1. The van der Waals surface area contributed by atoms with E-state index in [1.807, 2.05) is 0 Å². The number of nitrogens with zero attached hydrogens (tertiary/aromatic N) is 7. The van der Waals surface area contributed by atoms with Gasteiger partial charge in [0.1, 0.15) is 23.9 Å². The summed E-state index contributed by atoms with van der Waals surface area (Å²) in [5.74, 6) is 1.24. The number of carbonyl (C=O) groups is 1. The second kappa shape index (κ2) is 10.6. The van der Waals surface area contributed by atoms with Gasteiger partial charge in [0.15, 0.2) is 0 Å². The minimum Gasteiger partial charge on any atom is -0.352 e. The Bertz CT molecular complexity index is 1270. The van der Waals surface area contributed by atoms with Crippen molar-refractivity contribution in [2.24, 2.45) is 0 Å². The summed E-state index contributed by atoms with van der Waals surface area (Å²) in [5.41, 5.74) is 2.28. The lowest BCUT2D eigenvalue weighted by Crippen LogP contribution is -2.31. The molecule has 1 atom stereocenters. The first-order valence-electron chi connectivity index (χ1n) is 12.0. The number of aromatic nitrogens is 4. The van der Waals surface area contributed by atoms with Crippen LogP contribution in [0.5, 0.6) is 0 Å². The van der Waals surface area contributed by atoms with E-state index in [0.717, 1.165) is 25.9 Å². The maximum absolute atomic E-state index is 13.6. The zero-order chi connectivity index (χ0) is 24.9. The molecule has 2 N–H and O–H groups in total. The van der Waals surface area contributed by atoms with E-state index in [9.17, 15) is 14.4 Å². The van der Waals surface area contributed by atoms with Crippen molar-refractivity contribution in [3.63, 3.8) is 0 Å². The number of anilines is 4. The van der Waals surface area contributed by atoms with Crippen molar-refractivity contribution in [3.05, 3.63) is 48.4 Å². The Morgan fingerprint density at radius 3 is 2.72 bits per heavy atom. The average molecular weight is 488 g/mol. The Hall–Kier alpha value is -4.17. The van der Waals surface area contributed by atoms with Gasteiger partial charge in [0, 0.05) is 24.5 Å². The van der Waals surface area contributed by atoms with Crippen molar-refractivity contribution >= 4 is 29.2 Å². The van der Waals surface area contributed by atoms with Gasteiger partial charge in [-0.15, -0.1) is 0 Å². The normalized spacial score (nSPS) is 17.7. The van der Waals surface area contributed by atoms with E-state index in [0.29, 0.717) is 59.6 Å². The van der Waals surface area contributed by atoms with Gasteiger partial charge in [-0.2, -0.15) is 5.26 Å². The fourth-order valence-corrected chi connectivity index (χ4v) is 4.42. The van der Waals surface area contributed by atoms with E-state index >= 15 is 0 Å². The molecule has 0 saturated carbocycles. The van der Waals surface area contributed by atoms with Gasteiger partial charge in [0.2, 0.25) is 11.9 Å². The molecule has 3 aromatic rings. The van der Waals surface area contributed by atoms with Crippen LogP contribution in [-0.2, 0) is 4.79 Å². The Morgan fingerprint density at radius 1 is 1.14 bits per heavy atom. The number of carbonyl (C=O) groups excluding carboxylic acids is 1. The molecule has 5 heterocycles. The van der Waals surface area contributed by atoms with Gasteiger partial charge >= 0.3 is 0 Å². The largest absolute Gasteiger partial charge is 0.352 e. The van der Waals surface area contributed by atoms with E-state index in [4.69, 9.17) is 0 Å². The van der Waals surface area contributed by atoms with Gasteiger partial charge in [-0.1, -0.05) is 0 Å². The molecule has 0 bridgehead atoms. The van der Waals surface area contributed by atoms with Gasteiger partial charge in [-0.05, 0) is 56.6 Å². The number of hydrogen-bond acceptors (Lipinski definition) is 9. The summed E-state index contributed by atoms with van der Waals surface area (Å²) in [6.45, 7) is 3.08.